The van der Waals surface area contributed by atoms with Gasteiger partial charge < -0.3 is 20.2 Å². The van der Waals surface area contributed by atoms with Gasteiger partial charge >= 0.3 is 5.97 Å². The second-order valence-corrected chi connectivity index (χ2v) is 10.5. The molecule has 7 heteroatoms. The molecule has 2 atom stereocenters. The summed E-state index contributed by atoms with van der Waals surface area (Å²) in [6, 6.07) is 21.1. The van der Waals surface area contributed by atoms with Crippen LogP contribution in [0.1, 0.15) is 41.9 Å². The van der Waals surface area contributed by atoms with E-state index in [1.807, 2.05) is 54.7 Å². The third-order valence-electron chi connectivity index (χ3n) is 7.94. The Morgan fingerprint density at radius 2 is 1.76 bits per heavy atom. The van der Waals surface area contributed by atoms with Gasteiger partial charge in [-0.25, -0.2) is 9.78 Å². The van der Waals surface area contributed by atoms with E-state index in [-0.39, 0.29) is 11.8 Å². The summed E-state index contributed by atoms with van der Waals surface area (Å²) in [6.07, 6.45) is 5.03. The summed E-state index contributed by atoms with van der Waals surface area (Å²) in [5, 5.41) is 13.4. The van der Waals surface area contributed by atoms with Crippen LogP contribution < -0.4 is 10.2 Å². The van der Waals surface area contributed by atoms with Crippen molar-refractivity contribution in [2.24, 2.45) is 5.92 Å². The van der Waals surface area contributed by atoms with Gasteiger partial charge in [0.15, 0.2) is 0 Å². The molecule has 3 heterocycles. The van der Waals surface area contributed by atoms with E-state index in [1.54, 1.807) is 4.90 Å². The highest BCUT2D eigenvalue weighted by molar-refractivity contribution is 5.90. The molecule has 7 nitrogen and oxygen atoms in total. The number of carboxylic acid groups (broad SMARTS) is 1. The molecule has 1 aromatic heterocycles. The van der Waals surface area contributed by atoms with Crippen LogP contribution in [-0.4, -0.2) is 59.1 Å². The minimum absolute atomic E-state index is 0.0873. The Morgan fingerprint density at radius 1 is 1.03 bits per heavy atom. The minimum atomic E-state index is -0.951. The lowest BCUT2D eigenvalue weighted by Gasteiger charge is -2.34. The van der Waals surface area contributed by atoms with Gasteiger partial charge in [-0.2, -0.15) is 0 Å². The molecule has 1 amide bonds. The first-order chi connectivity index (χ1) is 18.5. The van der Waals surface area contributed by atoms with Crippen molar-refractivity contribution in [3.8, 4) is 0 Å². The third-order valence-corrected chi connectivity index (χ3v) is 7.94. The fourth-order valence-corrected chi connectivity index (χ4v) is 5.68. The number of aryl methyl sites for hydroxylation is 1. The number of carboxylic acids is 1. The van der Waals surface area contributed by atoms with E-state index in [2.05, 4.69) is 40.3 Å². The molecule has 2 N–H and O–H groups in total. The van der Waals surface area contributed by atoms with Crippen molar-refractivity contribution in [1.82, 2.24) is 9.88 Å². The Bertz CT molecular complexity index is 1240. The standard InChI is InChI=1S/C31H36N4O3/c1-22-11-15-32-29(19-22)33-21-24-12-16-34(17-13-24)26-9-7-23(8-10-26)20-28(31(37)38)35-18-14-27(30(35)36)25-5-3-2-4-6-25/h2-11,15,19,24,27-28H,12-14,16-18,20-21H2,1H3,(H,32,33)(H,37,38). The van der Waals surface area contributed by atoms with Crippen LogP contribution in [0.2, 0.25) is 0 Å². The average molecular weight is 513 g/mol. The molecule has 5 rings (SSSR count). The van der Waals surface area contributed by atoms with Crippen LogP contribution in [0.15, 0.2) is 72.9 Å². The predicted molar refractivity (Wildman–Crippen MR) is 149 cm³/mol. The van der Waals surface area contributed by atoms with Gasteiger partial charge in [-0.1, -0.05) is 42.5 Å². The van der Waals surface area contributed by atoms with Crippen molar-refractivity contribution in [2.75, 3.05) is 36.4 Å². The summed E-state index contributed by atoms with van der Waals surface area (Å²) in [5.41, 5.74) is 4.26. The molecule has 0 radical (unpaired) electrons. The second kappa shape index (κ2) is 11.7. The number of hydrogen-bond acceptors (Lipinski definition) is 5. The fraction of sp³-hybridized carbons (Fsp3) is 0.387. The van der Waals surface area contributed by atoms with Crippen LogP contribution in [0.3, 0.4) is 0 Å². The maximum atomic E-state index is 13.1. The lowest BCUT2D eigenvalue weighted by molar-refractivity contribution is -0.148. The molecule has 2 aromatic carbocycles. The lowest BCUT2D eigenvalue weighted by atomic mass is 9.96. The largest absolute Gasteiger partial charge is 0.480 e. The van der Waals surface area contributed by atoms with E-state index < -0.39 is 12.0 Å². The number of pyridine rings is 1. The molecule has 0 spiro atoms. The number of rotatable bonds is 9. The average Bonchev–Trinajstić information content (AvgIpc) is 3.32. The number of nitrogens with one attached hydrogen (secondary N) is 1. The van der Waals surface area contributed by atoms with E-state index in [4.69, 9.17) is 0 Å². The Labute approximate surface area is 224 Å². The molecule has 38 heavy (non-hydrogen) atoms. The Morgan fingerprint density at radius 3 is 2.45 bits per heavy atom. The van der Waals surface area contributed by atoms with Crippen molar-refractivity contribution >= 4 is 23.4 Å². The van der Waals surface area contributed by atoms with Gasteiger partial charge in [0, 0.05) is 44.5 Å². The van der Waals surface area contributed by atoms with Gasteiger partial charge in [-0.3, -0.25) is 4.79 Å². The number of aliphatic carboxylic acids is 1. The van der Waals surface area contributed by atoms with Gasteiger partial charge in [0.05, 0.1) is 5.92 Å². The Balaban J connectivity index is 1.14. The fourth-order valence-electron chi connectivity index (χ4n) is 5.68. The molecule has 0 bridgehead atoms. The molecule has 2 fully saturated rings. The topological polar surface area (TPSA) is 85.8 Å². The number of hydrogen-bond donors (Lipinski definition) is 2. The summed E-state index contributed by atoms with van der Waals surface area (Å²) in [6.45, 7) is 5.46. The predicted octanol–water partition coefficient (Wildman–Crippen LogP) is 4.73. The van der Waals surface area contributed by atoms with E-state index in [0.717, 1.165) is 55.1 Å². The number of piperidine rings is 1. The summed E-state index contributed by atoms with van der Waals surface area (Å²) in [7, 11) is 0. The molecule has 0 aliphatic carbocycles. The highest BCUT2D eigenvalue weighted by Gasteiger charge is 2.39. The third kappa shape index (κ3) is 5.98. The highest BCUT2D eigenvalue weighted by atomic mass is 16.4. The molecule has 198 valence electrons. The number of benzene rings is 2. The van der Waals surface area contributed by atoms with E-state index in [0.29, 0.717) is 25.3 Å². The number of amides is 1. The summed E-state index contributed by atoms with van der Waals surface area (Å²) >= 11 is 0. The number of likely N-dealkylation sites (tertiary alicyclic amines) is 1. The van der Waals surface area contributed by atoms with Crippen molar-refractivity contribution in [3.63, 3.8) is 0 Å². The second-order valence-electron chi connectivity index (χ2n) is 10.5. The molecular formula is C31H36N4O3. The quantitative estimate of drug-likeness (QED) is 0.431. The zero-order valence-corrected chi connectivity index (χ0v) is 21.9. The lowest BCUT2D eigenvalue weighted by Crippen LogP contribution is -2.44. The SMILES string of the molecule is Cc1ccnc(NCC2CCN(c3ccc(CC(C(=O)O)N4CCC(c5ccccc5)C4=O)cc3)CC2)c1. The first-order valence-electron chi connectivity index (χ1n) is 13.6. The van der Waals surface area contributed by atoms with Gasteiger partial charge in [-0.05, 0) is 73.1 Å². The van der Waals surface area contributed by atoms with Crippen molar-refractivity contribution in [3.05, 3.63) is 89.6 Å². The van der Waals surface area contributed by atoms with Gasteiger partial charge in [0.1, 0.15) is 11.9 Å². The van der Waals surface area contributed by atoms with Crippen LogP contribution in [0, 0.1) is 12.8 Å². The molecule has 0 saturated carbocycles. The van der Waals surface area contributed by atoms with Crippen molar-refractivity contribution in [2.45, 2.75) is 44.6 Å². The van der Waals surface area contributed by atoms with Gasteiger partial charge in [-0.15, -0.1) is 0 Å². The zero-order valence-electron chi connectivity index (χ0n) is 21.9. The van der Waals surface area contributed by atoms with Crippen LogP contribution in [0.25, 0.3) is 0 Å². The number of nitrogens with zero attached hydrogens (tertiary/aromatic N) is 3. The first kappa shape index (κ1) is 25.8. The monoisotopic (exact) mass is 512 g/mol. The normalized spacial score (nSPS) is 19.0. The Kier molecular flexibility index (Phi) is 7.91. The first-order valence-corrected chi connectivity index (χ1v) is 13.6. The van der Waals surface area contributed by atoms with E-state index >= 15 is 0 Å². The molecule has 3 aromatic rings. The molecule has 2 aliphatic heterocycles. The number of aromatic nitrogens is 1. The maximum absolute atomic E-state index is 13.1. The summed E-state index contributed by atoms with van der Waals surface area (Å²) in [4.78, 5) is 33.6. The van der Waals surface area contributed by atoms with Gasteiger partial charge in [0.2, 0.25) is 5.91 Å². The van der Waals surface area contributed by atoms with Crippen LogP contribution in [0.4, 0.5) is 11.5 Å². The zero-order chi connectivity index (χ0) is 26.5. The molecular weight excluding hydrogens is 476 g/mol. The van der Waals surface area contributed by atoms with Crippen molar-refractivity contribution < 1.29 is 14.7 Å². The molecule has 2 saturated heterocycles. The van der Waals surface area contributed by atoms with Crippen molar-refractivity contribution in [1.29, 1.82) is 0 Å². The maximum Gasteiger partial charge on any atom is 0.326 e. The van der Waals surface area contributed by atoms with E-state index in [9.17, 15) is 14.7 Å². The van der Waals surface area contributed by atoms with E-state index in [1.165, 1.54) is 5.56 Å². The number of carbonyl (C=O) groups excluding carboxylic acids is 1. The van der Waals surface area contributed by atoms with Crippen LogP contribution >= 0.6 is 0 Å². The Hall–Kier alpha value is -3.87. The van der Waals surface area contributed by atoms with Gasteiger partial charge in [0.25, 0.3) is 0 Å². The number of carbonyl (C=O) groups is 2. The molecule has 2 unspecified atom stereocenters. The highest BCUT2D eigenvalue weighted by Crippen LogP contribution is 2.31. The smallest absolute Gasteiger partial charge is 0.326 e. The van der Waals surface area contributed by atoms with Crippen LogP contribution in [0.5, 0.6) is 0 Å². The summed E-state index contributed by atoms with van der Waals surface area (Å²) < 4.78 is 0. The van der Waals surface area contributed by atoms with Crippen LogP contribution in [-0.2, 0) is 16.0 Å². The minimum Gasteiger partial charge on any atom is -0.480 e. The number of anilines is 2. The summed E-state index contributed by atoms with van der Waals surface area (Å²) in [5.74, 6) is 0.255. The molecule has 2 aliphatic rings.